The molecule has 0 saturated carbocycles. The summed E-state index contributed by atoms with van der Waals surface area (Å²) in [6, 6.07) is 9.58. The predicted molar refractivity (Wildman–Crippen MR) is 95.6 cm³/mol. The van der Waals surface area contributed by atoms with E-state index in [4.69, 9.17) is 4.74 Å². The Bertz CT molecular complexity index is 724. The van der Waals surface area contributed by atoms with Gasteiger partial charge in [-0.25, -0.2) is 0 Å². The van der Waals surface area contributed by atoms with Crippen molar-refractivity contribution in [2.24, 2.45) is 0 Å². The van der Waals surface area contributed by atoms with Crippen molar-refractivity contribution in [3.05, 3.63) is 53.3 Å². The number of pyridine rings is 1. The van der Waals surface area contributed by atoms with Gasteiger partial charge >= 0.3 is 0 Å². The average molecular weight is 325 g/mol. The maximum Gasteiger partial charge on any atom is 0.274 e. The zero-order valence-electron chi connectivity index (χ0n) is 14.1. The smallest absolute Gasteiger partial charge is 0.274 e. The summed E-state index contributed by atoms with van der Waals surface area (Å²) >= 11 is 0. The van der Waals surface area contributed by atoms with Crippen molar-refractivity contribution in [3.8, 4) is 0 Å². The van der Waals surface area contributed by atoms with Gasteiger partial charge in [0.1, 0.15) is 5.69 Å². The molecule has 3 rings (SSSR count). The van der Waals surface area contributed by atoms with Crippen molar-refractivity contribution in [1.29, 1.82) is 0 Å². The summed E-state index contributed by atoms with van der Waals surface area (Å²) in [7, 11) is 0. The van der Waals surface area contributed by atoms with Gasteiger partial charge in [-0.3, -0.25) is 9.78 Å². The molecule has 1 atom stereocenters. The maximum absolute atomic E-state index is 12.4. The average Bonchev–Trinajstić information content (AvgIpc) is 3.09. The van der Waals surface area contributed by atoms with Gasteiger partial charge in [0.2, 0.25) is 0 Å². The second kappa shape index (κ2) is 7.45. The van der Waals surface area contributed by atoms with Gasteiger partial charge in [0, 0.05) is 30.7 Å². The first-order valence-corrected chi connectivity index (χ1v) is 8.32. The number of nitrogens with one attached hydrogen (secondary N) is 2. The molecule has 0 spiro atoms. The molecule has 1 amide bonds. The molecule has 24 heavy (non-hydrogen) atoms. The molecule has 0 bridgehead atoms. The lowest BCUT2D eigenvalue weighted by Crippen LogP contribution is -2.19. The van der Waals surface area contributed by atoms with Crippen molar-refractivity contribution in [2.45, 2.75) is 32.8 Å². The monoisotopic (exact) mass is 325 g/mol. The zero-order chi connectivity index (χ0) is 16.9. The van der Waals surface area contributed by atoms with Crippen LogP contribution in [0.1, 0.15) is 34.5 Å². The summed E-state index contributed by atoms with van der Waals surface area (Å²) in [5.41, 5.74) is 4.30. The Labute approximate surface area is 142 Å². The normalized spacial score (nSPS) is 16.8. The molecule has 2 aromatic rings. The van der Waals surface area contributed by atoms with E-state index in [1.807, 2.05) is 38.1 Å². The molecule has 5 heteroatoms. The van der Waals surface area contributed by atoms with Crippen LogP contribution in [0.3, 0.4) is 0 Å². The number of nitrogens with zero attached hydrogens (tertiary/aromatic N) is 1. The third-order valence-electron chi connectivity index (χ3n) is 4.18. The Hall–Kier alpha value is -2.40. The van der Waals surface area contributed by atoms with Crippen LogP contribution in [0, 0.1) is 13.8 Å². The van der Waals surface area contributed by atoms with E-state index in [0.717, 1.165) is 42.9 Å². The molecule has 1 aromatic heterocycles. The van der Waals surface area contributed by atoms with Gasteiger partial charge in [-0.2, -0.15) is 0 Å². The second-order valence-corrected chi connectivity index (χ2v) is 6.22. The number of amides is 1. The molecule has 1 aliphatic rings. The highest BCUT2D eigenvalue weighted by molar-refractivity contribution is 6.03. The second-order valence-electron chi connectivity index (χ2n) is 6.22. The largest absolute Gasteiger partial charge is 0.382 e. The molecule has 0 aliphatic carbocycles. The fraction of sp³-hybridized carbons (Fsp3) is 0.368. The number of rotatable bonds is 5. The standard InChI is InChI=1S/C19H23N3O2/c1-13-5-6-17(14(2)10-13)22-19(23)18-11-15(7-8-20-18)21-12-16-4-3-9-24-16/h5-8,10-11,16H,3-4,9,12H2,1-2H3,(H,20,21)(H,22,23). The highest BCUT2D eigenvalue weighted by Gasteiger charge is 2.15. The first-order valence-electron chi connectivity index (χ1n) is 8.32. The summed E-state index contributed by atoms with van der Waals surface area (Å²) in [4.78, 5) is 16.6. The van der Waals surface area contributed by atoms with Crippen LogP contribution in [0.2, 0.25) is 0 Å². The van der Waals surface area contributed by atoms with E-state index in [9.17, 15) is 4.79 Å². The van der Waals surface area contributed by atoms with Crippen LogP contribution in [0.4, 0.5) is 11.4 Å². The van der Waals surface area contributed by atoms with E-state index in [-0.39, 0.29) is 12.0 Å². The van der Waals surface area contributed by atoms with E-state index in [1.165, 1.54) is 5.56 Å². The van der Waals surface area contributed by atoms with Gasteiger partial charge in [0.05, 0.1) is 6.10 Å². The quantitative estimate of drug-likeness (QED) is 0.882. The lowest BCUT2D eigenvalue weighted by atomic mass is 10.1. The molecule has 1 aromatic carbocycles. The lowest BCUT2D eigenvalue weighted by Gasteiger charge is -2.13. The molecule has 1 unspecified atom stereocenters. The van der Waals surface area contributed by atoms with Gasteiger partial charge in [-0.15, -0.1) is 0 Å². The molecule has 0 radical (unpaired) electrons. The fourth-order valence-corrected chi connectivity index (χ4v) is 2.84. The summed E-state index contributed by atoms with van der Waals surface area (Å²) in [5.74, 6) is -0.206. The van der Waals surface area contributed by atoms with E-state index >= 15 is 0 Å². The molecule has 1 aliphatic heterocycles. The molecule has 1 fully saturated rings. The molecule has 1 saturated heterocycles. The molecular weight excluding hydrogens is 302 g/mol. The van der Waals surface area contributed by atoms with Gasteiger partial charge in [0.15, 0.2) is 0 Å². The topological polar surface area (TPSA) is 63.2 Å². The van der Waals surface area contributed by atoms with Crippen LogP contribution in [0.25, 0.3) is 0 Å². The van der Waals surface area contributed by atoms with Crippen molar-refractivity contribution < 1.29 is 9.53 Å². The van der Waals surface area contributed by atoms with Crippen molar-refractivity contribution in [3.63, 3.8) is 0 Å². The van der Waals surface area contributed by atoms with Crippen LogP contribution in [0.5, 0.6) is 0 Å². The van der Waals surface area contributed by atoms with Crippen LogP contribution in [-0.4, -0.2) is 30.1 Å². The Kier molecular flexibility index (Phi) is 5.11. The number of aromatic nitrogens is 1. The number of hydrogen-bond acceptors (Lipinski definition) is 4. The SMILES string of the molecule is Cc1ccc(NC(=O)c2cc(NCC3CCCO3)ccn2)c(C)c1. The summed E-state index contributed by atoms with van der Waals surface area (Å²) in [6.07, 6.45) is 4.10. The minimum Gasteiger partial charge on any atom is -0.382 e. The summed E-state index contributed by atoms with van der Waals surface area (Å²) in [6.45, 7) is 5.60. The number of aryl methyl sites for hydroxylation is 2. The Morgan fingerprint density at radius 2 is 2.17 bits per heavy atom. The maximum atomic E-state index is 12.4. The molecular formula is C19H23N3O2. The van der Waals surface area contributed by atoms with Gasteiger partial charge in [0.25, 0.3) is 5.91 Å². The number of benzene rings is 1. The van der Waals surface area contributed by atoms with Crippen molar-refractivity contribution in [2.75, 3.05) is 23.8 Å². The lowest BCUT2D eigenvalue weighted by molar-refractivity contribution is 0.102. The van der Waals surface area contributed by atoms with Crippen LogP contribution >= 0.6 is 0 Å². The molecule has 126 valence electrons. The zero-order valence-corrected chi connectivity index (χ0v) is 14.1. The third-order valence-corrected chi connectivity index (χ3v) is 4.18. The van der Waals surface area contributed by atoms with E-state index in [0.29, 0.717) is 5.69 Å². The predicted octanol–water partition coefficient (Wildman–Crippen LogP) is 3.54. The third kappa shape index (κ3) is 4.11. The Morgan fingerprint density at radius 3 is 2.92 bits per heavy atom. The number of anilines is 2. The number of hydrogen-bond donors (Lipinski definition) is 2. The minimum atomic E-state index is -0.206. The van der Waals surface area contributed by atoms with Gasteiger partial charge < -0.3 is 15.4 Å². The van der Waals surface area contributed by atoms with E-state index in [2.05, 4.69) is 15.6 Å². The summed E-state index contributed by atoms with van der Waals surface area (Å²) in [5, 5.41) is 6.24. The number of carbonyl (C=O) groups is 1. The first-order chi connectivity index (χ1) is 11.6. The van der Waals surface area contributed by atoms with E-state index < -0.39 is 0 Å². The van der Waals surface area contributed by atoms with Crippen LogP contribution < -0.4 is 10.6 Å². The van der Waals surface area contributed by atoms with Gasteiger partial charge in [-0.05, 0) is 50.5 Å². The van der Waals surface area contributed by atoms with Crippen LogP contribution in [0.15, 0.2) is 36.5 Å². The first kappa shape index (κ1) is 16.5. The summed E-state index contributed by atoms with van der Waals surface area (Å²) < 4.78 is 5.60. The highest BCUT2D eigenvalue weighted by Crippen LogP contribution is 2.18. The Morgan fingerprint density at radius 1 is 1.29 bits per heavy atom. The Balaban J connectivity index is 1.65. The van der Waals surface area contributed by atoms with E-state index in [1.54, 1.807) is 12.3 Å². The van der Waals surface area contributed by atoms with Crippen molar-refractivity contribution >= 4 is 17.3 Å². The molecule has 5 nitrogen and oxygen atoms in total. The number of ether oxygens (including phenoxy) is 1. The fourth-order valence-electron chi connectivity index (χ4n) is 2.84. The minimum absolute atomic E-state index is 0.206. The van der Waals surface area contributed by atoms with Crippen LogP contribution in [-0.2, 0) is 4.74 Å². The van der Waals surface area contributed by atoms with Crippen molar-refractivity contribution in [1.82, 2.24) is 4.98 Å². The number of carbonyl (C=O) groups excluding carboxylic acids is 1. The molecule has 2 heterocycles. The highest BCUT2D eigenvalue weighted by atomic mass is 16.5. The molecule has 2 N–H and O–H groups in total. The van der Waals surface area contributed by atoms with Gasteiger partial charge in [-0.1, -0.05) is 17.7 Å².